The van der Waals surface area contributed by atoms with E-state index in [9.17, 15) is 9.59 Å². The molecule has 1 aromatic rings. The maximum atomic E-state index is 11.5. The third-order valence-corrected chi connectivity index (χ3v) is 2.41. The number of nitrogens with two attached hydrogens (primary N) is 1. The molecule has 98 valence electrons. The summed E-state index contributed by atoms with van der Waals surface area (Å²) in [5.41, 5.74) is 7.41. The van der Waals surface area contributed by atoms with Crippen molar-refractivity contribution in [3.63, 3.8) is 0 Å². The second-order valence-electron chi connectivity index (χ2n) is 4.08. The molecule has 0 spiro atoms. The zero-order valence-electron chi connectivity index (χ0n) is 10.5. The molecule has 0 radical (unpaired) electrons. The predicted octanol–water partition coefficient (Wildman–Crippen LogP) is 0.454. The van der Waals surface area contributed by atoms with Gasteiger partial charge in [0.1, 0.15) is 0 Å². The smallest absolute Gasteiger partial charge is 0.220 e. The minimum Gasteiger partial charge on any atom is -0.399 e. The van der Waals surface area contributed by atoms with E-state index in [0.29, 0.717) is 31.6 Å². The van der Waals surface area contributed by atoms with Crippen LogP contribution in [-0.4, -0.2) is 24.9 Å². The molecule has 5 heteroatoms. The Kier molecular flexibility index (Phi) is 5.70. The third kappa shape index (κ3) is 5.89. The predicted molar refractivity (Wildman–Crippen MR) is 70.9 cm³/mol. The van der Waals surface area contributed by atoms with E-state index < -0.39 is 0 Å². The zero-order valence-corrected chi connectivity index (χ0v) is 10.5. The molecule has 0 aliphatic rings. The Morgan fingerprint density at radius 3 is 2.61 bits per heavy atom. The highest BCUT2D eigenvalue weighted by atomic mass is 16.2. The first-order chi connectivity index (χ1) is 8.58. The van der Waals surface area contributed by atoms with Gasteiger partial charge in [-0.05, 0) is 24.1 Å². The third-order valence-electron chi connectivity index (χ3n) is 2.41. The van der Waals surface area contributed by atoms with Crippen LogP contribution in [0.15, 0.2) is 24.3 Å². The lowest BCUT2D eigenvalue weighted by molar-refractivity contribution is -0.122. The second-order valence-corrected chi connectivity index (χ2v) is 4.08. The summed E-state index contributed by atoms with van der Waals surface area (Å²) in [4.78, 5) is 22.1. The number of hydrogen-bond donors (Lipinski definition) is 3. The van der Waals surface area contributed by atoms with Crippen molar-refractivity contribution in [2.75, 3.05) is 18.8 Å². The van der Waals surface area contributed by atoms with Crippen LogP contribution >= 0.6 is 0 Å². The van der Waals surface area contributed by atoms with Gasteiger partial charge < -0.3 is 16.4 Å². The largest absolute Gasteiger partial charge is 0.399 e. The van der Waals surface area contributed by atoms with Crippen LogP contribution in [0.1, 0.15) is 18.9 Å². The molecule has 0 bridgehead atoms. The molecule has 0 saturated heterocycles. The molecule has 0 aromatic heterocycles. The van der Waals surface area contributed by atoms with Gasteiger partial charge in [0.2, 0.25) is 11.8 Å². The Morgan fingerprint density at radius 1 is 1.22 bits per heavy atom. The van der Waals surface area contributed by atoms with E-state index in [1.54, 1.807) is 0 Å². The minimum absolute atomic E-state index is 0.0252. The number of nitrogen functional groups attached to an aromatic ring is 1. The fourth-order valence-electron chi connectivity index (χ4n) is 1.54. The second kappa shape index (κ2) is 7.32. The monoisotopic (exact) mass is 249 g/mol. The number of nitrogens with one attached hydrogen (secondary N) is 2. The molecule has 1 aromatic carbocycles. The number of aryl methyl sites for hydroxylation is 1. The first-order valence-corrected chi connectivity index (χ1v) is 5.93. The fourth-order valence-corrected chi connectivity index (χ4v) is 1.54. The molecule has 0 unspecified atom stereocenters. The van der Waals surface area contributed by atoms with E-state index in [0.717, 1.165) is 5.56 Å². The van der Waals surface area contributed by atoms with Crippen molar-refractivity contribution in [2.45, 2.75) is 19.8 Å². The first-order valence-electron chi connectivity index (χ1n) is 5.93. The summed E-state index contributed by atoms with van der Waals surface area (Å²) < 4.78 is 0. The molecule has 0 atom stereocenters. The summed E-state index contributed by atoms with van der Waals surface area (Å²) in [6, 6.07) is 7.50. The van der Waals surface area contributed by atoms with Gasteiger partial charge in [0.25, 0.3) is 0 Å². The van der Waals surface area contributed by atoms with Crippen LogP contribution in [0.4, 0.5) is 5.69 Å². The van der Waals surface area contributed by atoms with Crippen LogP contribution in [0.5, 0.6) is 0 Å². The molecular weight excluding hydrogens is 230 g/mol. The van der Waals surface area contributed by atoms with E-state index in [2.05, 4.69) is 10.6 Å². The number of carbonyl (C=O) groups excluding carboxylic acids is 2. The van der Waals surface area contributed by atoms with Gasteiger partial charge in [0.05, 0.1) is 0 Å². The van der Waals surface area contributed by atoms with Crippen molar-refractivity contribution in [1.29, 1.82) is 0 Å². The molecule has 0 heterocycles. The Labute approximate surface area is 107 Å². The highest BCUT2D eigenvalue weighted by Gasteiger charge is 2.02. The number of rotatable bonds is 6. The summed E-state index contributed by atoms with van der Waals surface area (Å²) >= 11 is 0. The maximum absolute atomic E-state index is 11.5. The van der Waals surface area contributed by atoms with Crippen molar-refractivity contribution in [3.05, 3.63) is 29.8 Å². The standard InChI is InChI=1S/C13H19N3O2/c1-10(17)15-7-8-16-13(18)6-5-11-3-2-4-12(14)9-11/h2-4,9H,5-8,14H2,1H3,(H,15,17)(H,16,18). The number of amides is 2. The lowest BCUT2D eigenvalue weighted by Gasteiger charge is -2.06. The van der Waals surface area contributed by atoms with Crippen molar-refractivity contribution < 1.29 is 9.59 Å². The first kappa shape index (κ1) is 14.0. The highest BCUT2D eigenvalue weighted by molar-refractivity contribution is 5.76. The van der Waals surface area contributed by atoms with Gasteiger partial charge in [-0.3, -0.25) is 9.59 Å². The molecule has 4 N–H and O–H groups in total. The van der Waals surface area contributed by atoms with E-state index in [-0.39, 0.29) is 11.8 Å². The van der Waals surface area contributed by atoms with Gasteiger partial charge >= 0.3 is 0 Å². The molecule has 0 saturated carbocycles. The van der Waals surface area contributed by atoms with Crippen LogP contribution in [0.2, 0.25) is 0 Å². The van der Waals surface area contributed by atoms with Gasteiger partial charge in [0, 0.05) is 32.1 Å². The van der Waals surface area contributed by atoms with Crippen LogP contribution in [0.3, 0.4) is 0 Å². The fraction of sp³-hybridized carbons (Fsp3) is 0.385. The normalized spacial score (nSPS) is 9.83. The molecule has 0 fully saturated rings. The van der Waals surface area contributed by atoms with Crippen molar-refractivity contribution in [2.24, 2.45) is 0 Å². The van der Waals surface area contributed by atoms with Gasteiger partial charge in [0.15, 0.2) is 0 Å². The molecule has 1 rings (SSSR count). The molecule has 0 aliphatic heterocycles. The lowest BCUT2D eigenvalue weighted by atomic mass is 10.1. The number of anilines is 1. The average molecular weight is 249 g/mol. The molecule has 5 nitrogen and oxygen atoms in total. The van der Waals surface area contributed by atoms with Crippen LogP contribution in [0, 0.1) is 0 Å². The van der Waals surface area contributed by atoms with Gasteiger partial charge in [-0.15, -0.1) is 0 Å². The Morgan fingerprint density at radius 2 is 1.94 bits per heavy atom. The van der Waals surface area contributed by atoms with Crippen molar-refractivity contribution >= 4 is 17.5 Å². The average Bonchev–Trinajstić information content (AvgIpc) is 2.32. The zero-order chi connectivity index (χ0) is 13.4. The Bertz CT molecular complexity index is 418. The summed E-state index contributed by atoms with van der Waals surface area (Å²) in [6.45, 7) is 2.36. The van der Waals surface area contributed by atoms with Crippen LogP contribution < -0.4 is 16.4 Å². The van der Waals surface area contributed by atoms with Crippen molar-refractivity contribution in [3.8, 4) is 0 Å². The van der Waals surface area contributed by atoms with Gasteiger partial charge in [-0.25, -0.2) is 0 Å². The molecular formula is C13H19N3O2. The number of carbonyl (C=O) groups is 2. The number of benzene rings is 1. The quantitative estimate of drug-likeness (QED) is 0.505. The summed E-state index contributed by atoms with van der Waals surface area (Å²) in [5, 5.41) is 5.35. The summed E-state index contributed by atoms with van der Waals surface area (Å²) in [7, 11) is 0. The van der Waals surface area contributed by atoms with E-state index in [1.165, 1.54) is 6.92 Å². The Hall–Kier alpha value is -2.04. The SMILES string of the molecule is CC(=O)NCCNC(=O)CCc1cccc(N)c1. The van der Waals surface area contributed by atoms with Crippen molar-refractivity contribution in [1.82, 2.24) is 10.6 Å². The van der Waals surface area contributed by atoms with Gasteiger partial charge in [-0.2, -0.15) is 0 Å². The number of hydrogen-bond acceptors (Lipinski definition) is 3. The molecule has 0 aliphatic carbocycles. The highest BCUT2D eigenvalue weighted by Crippen LogP contribution is 2.08. The van der Waals surface area contributed by atoms with E-state index in [1.807, 2.05) is 24.3 Å². The Balaban J connectivity index is 2.19. The maximum Gasteiger partial charge on any atom is 0.220 e. The lowest BCUT2D eigenvalue weighted by Crippen LogP contribution is -2.33. The van der Waals surface area contributed by atoms with Gasteiger partial charge in [-0.1, -0.05) is 12.1 Å². The minimum atomic E-state index is -0.0935. The molecule has 2 amide bonds. The van der Waals surface area contributed by atoms with Crippen LogP contribution in [0.25, 0.3) is 0 Å². The van der Waals surface area contributed by atoms with E-state index >= 15 is 0 Å². The summed E-state index contributed by atoms with van der Waals surface area (Å²) in [6.07, 6.45) is 1.08. The van der Waals surface area contributed by atoms with Crippen LogP contribution in [-0.2, 0) is 16.0 Å². The summed E-state index contributed by atoms with van der Waals surface area (Å²) in [5.74, 6) is -0.119. The molecule has 18 heavy (non-hydrogen) atoms. The topological polar surface area (TPSA) is 84.2 Å². The van der Waals surface area contributed by atoms with E-state index in [4.69, 9.17) is 5.73 Å².